The number of hydrogen-bond donors (Lipinski definition) is 1. The van der Waals surface area contributed by atoms with Gasteiger partial charge in [0.05, 0.1) is 32.2 Å². The van der Waals surface area contributed by atoms with Crippen molar-refractivity contribution >= 4 is 15.9 Å². The van der Waals surface area contributed by atoms with E-state index in [0.29, 0.717) is 11.6 Å². The topological polar surface area (TPSA) is 124 Å². The largest absolute Gasteiger partial charge is 0.493 e. The van der Waals surface area contributed by atoms with E-state index in [4.69, 9.17) is 14.0 Å². The Morgan fingerprint density at radius 1 is 1.12 bits per heavy atom. The maximum absolute atomic E-state index is 12.8. The lowest BCUT2D eigenvalue weighted by atomic mass is 10.1. The van der Waals surface area contributed by atoms with Gasteiger partial charge in [-0.05, 0) is 24.6 Å². The van der Waals surface area contributed by atoms with Crippen LogP contribution in [0.1, 0.15) is 11.5 Å². The highest BCUT2D eigenvalue weighted by Crippen LogP contribution is 2.30. The third kappa shape index (κ3) is 5.06. The Morgan fingerprint density at radius 3 is 2.53 bits per heavy atom. The SMILES string of the molecule is COc1ccc(S(=O)(=O)N(C)CC(=O)NCc2nc(-c3ccccc3C)no2)cc1OC. The number of benzene rings is 2. The molecule has 0 radical (unpaired) electrons. The lowest BCUT2D eigenvalue weighted by Crippen LogP contribution is -2.38. The van der Waals surface area contributed by atoms with Gasteiger partial charge in [0.25, 0.3) is 0 Å². The minimum Gasteiger partial charge on any atom is -0.493 e. The van der Waals surface area contributed by atoms with Crippen LogP contribution < -0.4 is 14.8 Å². The molecule has 1 N–H and O–H groups in total. The number of aryl methyl sites for hydroxylation is 1. The van der Waals surface area contributed by atoms with E-state index in [1.54, 1.807) is 0 Å². The zero-order valence-corrected chi connectivity index (χ0v) is 19.0. The highest BCUT2D eigenvalue weighted by molar-refractivity contribution is 7.89. The van der Waals surface area contributed by atoms with E-state index in [2.05, 4.69) is 15.5 Å². The molecule has 3 rings (SSSR count). The molecule has 170 valence electrons. The Kier molecular flexibility index (Phi) is 7.11. The summed E-state index contributed by atoms with van der Waals surface area (Å²) in [5.74, 6) is 0.776. The quantitative estimate of drug-likeness (QED) is 0.514. The minimum absolute atomic E-state index is 0.0229. The molecular weight excluding hydrogens is 436 g/mol. The van der Waals surface area contributed by atoms with Crippen LogP contribution in [0.15, 0.2) is 51.9 Å². The molecule has 0 aliphatic rings. The first-order valence-electron chi connectivity index (χ1n) is 9.60. The summed E-state index contributed by atoms with van der Waals surface area (Å²) in [4.78, 5) is 16.6. The van der Waals surface area contributed by atoms with Gasteiger partial charge in [0.1, 0.15) is 0 Å². The van der Waals surface area contributed by atoms with Crippen LogP contribution in [0.25, 0.3) is 11.4 Å². The van der Waals surface area contributed by atoms with Gasteiger partial charge in [-0.25, -0.2) is 8.42 Å². The van der Waals surface area contributed by atoms with Gasteiger partial charge >= 0.3 is 0 Å². The molecule has 3 aromatic rings. The Morgan fingerprint density at radius 2 is 1.84 bits per heavy atom. The second kappa shape index (κ2) is 9.79. The van der Waals surface area contributed by atoms with Gasteiger partial charge in [-0.3, -0.25) is 4.79 Å². The highest BCUT2D eigenvalue weighted by atomic mass is 32.2. The van der Waals surface area contributed by atoms with Gasteiger partial charge in [0.15, 0.2) is 11.5 Å². The van der Waals surface area contributed by atoms with Gasteiger partial charge in [-0.1, -0.05) is 29.4 Å². The van der Waals surface area contributed by atoms with Crippen LogP contribution in [0.5, 0.6) is 11.5 Å². The summed E-state index contributed by atoms with van der Waals surface area (Å²) in [7, 11) is 0.253. The van der Waals surface area contributed by atoms with Crippen LogP contribution in [0.4, 0.5) is 0 Å². The lowest BCUT2D eigenvalue weighted by Gasteiger charge is -2.17. The van der Waals surface area contributed by atoms with Crippen molar-refractivity contribution in [3.63, 3.8) is 0 Å². The molecule has 0 aliphatic carbocycles. The first-order chi connectivity index (χ1) is 15.3. The van der Waals surface area contributed by atoms with Crippen molar-refractivity contribution in [2.24, 2.45) is 0 Å². The summed E-state index contributed by atoms with van der Waals surface area (Å²) >= 11 is 0. The maximum atomic E-state index is 12.8. The molecule has 10 nitrogen and oxygen atoms in total. The fraction of sp³-hybridized carbons (Fsp3) is 0.286. The zero-order chi connectivity index (χ0) is 23.3. The molecule has 0 bridgehead atoms. The van der Waals surface area contributed by atoms with E-state index in [-0.39, 0.29) is 23.1 Å². The van der Waals surface area contributed by atoms with Crippen molar-refractivity contribution in [1.82, 2.24) is 19.8 Å². The average Bonchev–Trinajstić information content (AvgIpc) is 3.26. The number of sulfonamides is 1. The number of aromatic nitrogens is 2. The molecule has 1 amide bonds. The summed E-state index contributed by atoms with van der Waals surface area (Å²) < 4.78 is 42.0. The molecule has 2 aromatic carbocycles. The van der Waals surface area contributed by atoms with Crippen LogP contribution in [0, 0.1) is 6.92 Å². The summed E-state index contributed by atoms with van der Waals surface area (Å²) in [5.41, 5.74) is 1.82. The molecule has 1 heterocycles. The summed E-state index contributed by atoms with van der Waals surface area (Å²) in [6, 6.07) is 11.8. The van der Waals surface area contributed by atoms with E-state index in [1.165, 1.54) is 39.5 Å². The number of methoxy groups -OCH3 is 2. The number of rotatable bonds is 9. The van der Waals surface area contributed by atoms with Crippen LogP contribution in [0.3, 0.4) is 0 Å². The highest BCUT2D eigenvalue weighted by Gasteiger charge is 2.24. The Labute approximate surface area is 186 Å². The molecule has 0 saturated heterocycles. The van der Waals surface area contributed by atoms with Crippen LogP contribution in [-0.2, 0) is 21.4 Å². The number of nitrogens with one attached hydrogen (secondary N) is 1. The summed E-state index contributed by atoms with van der Waals surface area (Å²) in [5, 5.41) is 6.52. The molecule has 0 saturated carbocycles. The number of carbonyl (C=O) groups is 1. The maximum Gasteiger partial charge on any atom is 0.246 e. The Hall–Kier alpha value is -3.44. The molecule has 0 aliphatic heterocycles. The standard InChI is InChI=1S/C21H24N4O6S/c1-14-7-5-6-8-16(14)21-23-20(31-24-21)12-22-19(26)13-25(2)32(27,28)15-9-10-17(29-3)18(11-15)30-4/h5-11H,12-13H2,1-4H3,(H,22,26). The van der Waals surface area contributed by atoms with E-state index in [0.717, 1.165) is 15.4 Å². The molecule has 0 atom stereocenters. The smallest absolute Gasteiger partial charge is 0.246 e. The first kappa shape index (κ1) is 23.2. The second-order valence-electron chi connectivity index (χ2n) is 6.88. The molecule has 32 heavy (non-hydrogen) atoms. The Balaban J connectivity index is 1.62. The fourth-order valence-electron chi connectivity index (χ4n) is 2.93. The van der Waals surface area contributed by atoms with Gasteiger partial charge in [-0.2, -0.15) is 9.29 Å². The van der Waals surface area contributed by atoms with Crippen molar-refractivity contribution in [2.45, 2.75) is 18.4 Å². The monoisotopic (exact) mass is 460 g/mol. The fourth-order valence-corrected chi connectivity index (χ4v) is 4.08. The van der Waals surface area contributed by atoms with Gasteiger partial charge in [0, 0.05) is 18.7 Å². The normalized spacial score (nSPS) is 11.4. The zero-order valence-electron chi connectivity index (χ0n) is 18.2. The third-order valence-corrected chi connectivity index (χ3v) is 6.52. The predicted molar refractivity (Wildman–Crippen MR) is 116 cm³/mol. The van der Waals surface area contributed by atoms with Crippen LogP contribution >= 0.6 is 0 Å². The first-order valence-corrected chi connectivity index (χ1v) is 11.0. The molecular formula is C21H24N4O6S. The van der Waals surface area contributed by atoms with Crippen LogP contribution in [0.2, 0.25) is 0 Å². The molecule has 1 aromatic heterocycles. The second-order valence-corrected chi connectivity index (χ2v) is 8.93. The predicted octanol–water partition coefficient (Wildman–Crippen LogP) is 2.00. The summed E-state index contributed by atoms with van der Waals surface area (Å²) in [6.45, 7) is 1.51. The number of hydrogen-bond acceptors (Lipinski definition) is 8. The average molecular weight is 461 g/mol. The van der Waals surface area contributed by atoms with Gasteiger partial charge in [0.2, 0.25) is 27.6 Å². The minimum atomic E-state index is -3.93. The van der Waals surface area contributed by atoms with E-state index in [1.807, 2.05) is 31.2 Å². The molecule has 0 fully saturated rings. The number of carbonyl (C=O) groups excluding carboxylic acids is 1. The van der Waals surface area contributed by atoms with Crippen molar-refractivity contribution in [2.75, 3.05) is 27.8 Å². The summed E-state index contributed by atoms with van der Waals surface area (Å²) in [6.07, 6.45) is 0. The van der Waals surface area contributed by atoms with Crippen molar-refractivity contribution < 1.29 is 27.2 Å². The third-order valence-electron chi connectivity index (χ3n) is 4.72. The van der Waals surface area contributed by atoms with E-state index in [9.17, 15) is 13.2 Å². The van der Waals surface area contributed by atoms with Gasteiger partial charge < -0.3 is 19.3 Å². The van der Waals surface area contributed by atoms with Crippen molar-refractivity contribution in [3.8, 4) is 22.9 Å². The number of ether oxygens (including phenoxy) is 2. The molecule has 11 heteroatoms. The van der Waals surface area contributed by atoms with Gasteiger partial charge in [-0.15, -0.1) is 0 Å². The number of amides is 1. The molecule has 0 spiro atoms. The number of likely N-dealkylation sites (N-methyl/N-ethyl adjacent to an activating group) is 1. The lowest BCUT2D eigenvalue weighted by molar-refractivity contribution is -0.121. The van der Waals surface area contributed by atoms with Crippen molar-refractivity contribution in [1.29, 1.82) is 0 Å². The molecule has 0 unspecified atom stereocenters. The Bertz CT molecular complexity index is 1210. The van der Waals surface area contributed by atoms with Crippen molar-refractivity contribution in [3.05, 3.63) is 53.9 Å². The van der Waals surface area contributed by atoms with E-state index < -0.39 is 22.5 Å². The number of nitrogens with zero attached hydrogens (tertiary/aromatic N) is 3. The van der Waals surface area contributed by atoms with Crippen LogP contribution in [-0.4, -0.2) is 56.6 Å². The van der Waals surface area contributed by atoms with E-state index >= 15 is 0 Å².